The molecule has 0 radical (unpaired) electrons. The molecule has 0 aliphatic rings. The molecule has 0 amide bonds. The van der Waals surface area contributed by atoms with Crippen LogP contribution >= 0.6 is 0 Å². The summed E-state index contributed by atoms with van der Waals surface area (Å²) in [5.41, 5.74) is 1.63. The van der Waals surface area contributed by atoms with Crippen molar-refractivity contribution < 1.29 is 28.5 Å². The van der Waals surface area contributed by atoms with E-state index in [4.69, 9.17) is 23.7 Å². The largest absolute Gasteiger partial charge is 0.497 e. The Morgan fingerprint density at radius 1 is 0.938 bits per heavy atom. The van der Waals surface area contributed by atoms with Gasteiger partial charge < -0.3 is 28.6 Å². The lowest BCUT2D eigenvalue weighted by Gasteiger charge is -2.28. The number of rotatable bonds is 13. The number of nitrogens with zero attached hydrogens (tertiary/aromatic N) is 1. The molecule has 0 bridgehead atoms. The minimum absolute atomic E-state index is 0.335. The molecule has 0 N–H and O–H groups in total. The van der Waals surface area contributed by atoms with Crippen LogP contribution in [0.15, 0.2) is 36.4 Å². The van der Waals surface area contributed by atoms with Crippen LogP contribution in [0.2, 0.25) is 0 Å². The number of ether oxygens (including phenoxy) is 5. The van der Waals surface area contributed by atoms with E-state index in [1.54, 1.807) is 19.2 Å². The summed E-state index contributed by atoms with van der Waals surface area (Å²) >= 11 is 0. The molecule has 1 atom stereocenters. The van der Waals surface area contributed by atoms with Gasteiger partial charge in [0.15, 0.2) is 11.5 Å². The van der Waals surface area contributed by atoms with Crippen LogP contribution < -0.4 is 18.9 Å². The SMILES string of the molecule is CCN(CCCOC(=O)c1cc(OC)c(OC)c(OC)c1)C(C)Cc1ccc(OC)cc1. The molecule has 0 saturated carbocycles. The third kappa shape index (κ3) is 6.79. The maximum absolute atomic E-state index is 12.5. The summed E-state index contributed by atoms with van der Waals surface area (Å²) in [7, 11) is 6.22. The fourth-order valence-corrected chi connectivity index (χ4v) is 3.64. The van der Waals surface area contributed by atoms with E-state index in [9.17, 15) is 4.79 Å². The Labute approximate surface area is 191 Å². The van der Waals surface area contributed by atoms with Crippen molar-refractivity contribution in [1.29, 1.82) is 0 Å². The number of hydrogen-bond acceptors (Lipinski definition) is 7. The second-order valence-corrected chi connectivity index (χ2v) is 7.43. The van der Waals surface area contributed by atoms with E-state index in [-0.39, 0.29) is 0 Å². The van der Waals surface area contributed by atoms with E-state index in [1.165, 1.54) is 26.9 Å². The zero-order chi connectivity index (χ0) is 23.5. The van der Waals surface area contributed by atoms with Crippen molar-refractivity contribution >= 4 is 5.97 Å². The topological polar surface area (TPSA) is 66.5 Å². The molecule has 0 fully saturated rings. The standard InChI is InChI=1S/C25H35NO6/c1-7-26(18(2)15-19-9-11-21(28-3)12-10-19)13-8-14-32-25(27)20-16-22(29-4)24(31-6)23(17-20)30-5/h9-12,16-18H,7-8,13-15H2,1-6H3. The van der Waals surface area contributed by atoms with Gasteiger partial charge >= 0.3 is 5.97 Å². The van der Waals surface area contributed by atoms with E-state index in [0.29, 0.717) is 35.5 Å². The van der Waals surface area contributed by atoms with Crippen molar-refractivity contribution in [3.05, 3.63) is 47.5 Å². The summed E-state index contributed by atoms with van der Waals surface area (Å²) in [5, 5.41) is 0. The third-order valence-electron chi connectivity index (χ3n) is 5.44. The lowest BCUT2D eigenvalue weighted by Crippen LogP contribution is -2.35. The lowest BCUT2D eigenvalue weighted by atomic mass is 10.1. The van der Waals surface area contributed by atoms with Crippen molar-refractivity contribution in [2.24, 2.45) is 0 Å². The molecule has 0 aromatic heterocycles. The van der Waals surface area contributed by atoms with Crippen molar-refractivity contribution in [3.63, 3.8) is 0 Å². The molecule has 0 aliphatic carbocycles. The van der Waals surface area contributed by atoms with E-state index in [0.717, 1.165) is 31.7 Å². The van der Waals surface area contributed by atoms with E-state index in [2.05, 4.69) is 30.9 Å². The molecule has 0 heterocycles. The summed E-state index contributed by atoms with van der Waals surface area (Å²) < 4.78 is 26.6. The number of esters is 1. The van der Waals surface area contributed by atoms with Crippen LogP contribution in [0.3, 0.4) is 0 Å². The Morgan fingerprint density at radius 2 is 1.56 bits per heavy atom. The van der Waals surface area contributed by atoms with Crippen LogP contribution in [0.25, 0.3) is 0 Å². The quantitative estimate of drug-likeness (QED) is 0.338. The Morgan fingerprint density at radius 3 is 2.06 bits per heavy atom. The van der Waals surface area contributed by atoms with Crippen molar-refractivity contribution in [2.45, 2.75) is 32.7 Å². The number of carbonyl (C=O) groups is 1. The van der Waals surface area contributed by atoms with Crippen LogP contribution in [0.1, 0.15) is 36.2 Å². The number of carbonyl (C=O) groups excluding carboxylic acids is 1. The predicted octanol–water partition coefficient (Wildman–Crippen LogP) is 4.22. The highest BCUT2D eigenvalue weighted by Crippen LogP contribution is 2.38. The Bertz CT molecular complexity index is 827. The van der Waals surface area contributed by atoms with Crippen molar-refractivity contribution in [3.8, 4) is 23.0 Å². The highest BCUT2D eigenvalue weighted by Gasteiger charge is 2.18. The van der Waals surface area contributed by atoms with Gasteiger partial charge in [0, 0.05) is 12.6 Å². The first-order valence-corrected chi connectivity index (χ1v) is 10.8. The highest BCUT2D eigenvalue weighted by atomic mass is 16.5. The zero-order valence-corrected chi connectivity index (χ0v) is 20.0. The van der Waals surface area contributed by atoms with Gasteiger partial charge in [0.05, 0.1) is 40.6 Å². The molecule has 2 aromatic carbocycles. The number of methoxy groups -OCH3 is 4. The molecular formula is C25H35NO6. The van der Waals surface area contributed by atoms with Gasteiger partial charge in [-0.15, -0.1) is 0 Å². The summed E-state index contributed by atoms with van der Waals surface area (Å²) in [6, 6.07) is 11.7. The fraction of sp³-hybridized carbons (Fsp3) is 0.480. The molecular weight excluding hydrogens is 410 g/mol. The van der Waals surface area contributed by atoms with E-state index in [1.807, 2.05) is 12.1 Å². The summed E-state index contributed by atoms with van der Waals surface area (Å²) in [4.78, 5) is 14.9. The van der Waals surface area contributed by atoms with Crippen LogP contribution in [0.5, 0.6) is 23.0 Å². The Balaban J connectivity index is 1.87. The number of hydrogen-bond donors (Lipinski definition) is 0. The van der Waals surface area contributed by atoms with Crippen LogP contribution in [-0.4, -0.2) is 65.0 Å². The van der Waals surface area contributed by atoms with Gasteiger partial charge in [-0.25, -0.2) is 4.79 Å². The highest BCUT2D eigenvalue weighted by molar-refractivity contribution is 5.91. The molecule has 0 spiro atoms. The molecule has 7 heteroatoms. The minimum atomic E-state index is -0.418. The van der Waals surface area contributed by atoms with E-state index >= 15 is 0 Å². The molecule has 0 saturated heterocycles. The first-order chi connectivity index (χ1) is 15.5. The first-order valence-electron chi connectivity index (χ1n) is 10.8. The van der Waals surface area contributed by atoms with Gasteiger partial charge in [0.25, 0.3) is 0 Å². The second kappa shape index (κ2) is 12.8. The number of benzene rings is 2. The van der Waals surface area contributed by atoms with Gasteiger partial charge in [-0.1, -0.05) is 19.1 Å². The first kappa shape index (κ1) is 25.3. The van der Waals surface area contributed by atoms with Gasteiger partial charge in [-0.2, -0.15) is 0 Å². The predicted molar refractivity (Wildman–Crippen MR) is 124 cm³/mol. The monoisotopic (exact) mass is 445 g/mol. The summed E-state index contributed by atoms with van der Waals surface area (Å²) in [5.74, 6) is 1.73. The normalized spacial score (nSPS) is 11.7. The van der Waals surface area contributed by atoms with Gasteiger partial charge in [-0.3, -0.25) is 0 Å². The number of likely N-dealkylation sites (N-methyl/N-ethyl adjacent to an activating group) is 1. The average molecular weight is 446 g/mol. The molecule has 2 rings (SSSR count). The van der Waals surface area contributed by atoms with Crippen molar-refractivity contribution in [2.75, 3.05) is 48.1 Å². The fourth-order valence-electron chi connectivity index (χ4n) is 3.64. The van der Waals surface area contributed by atoms with Crippen LogP contribution in [-0.2, 0) is 11.2 Å². The summed E-state index contributed by atoms with van der Waals surface area (Å²) in [6.45, 7) is 6.47. The maximum atomic E-state index is 12.5. The maximum Gasteiger partial charge on any atom is 0.338 e. The van der Waals surface area contributed by atoms with Crippen LogP contribution in [0.4, 0.5) is 0 Å². The molecule has 32 heavy (non-hydrogen) atoms. The van der Waals surface area contributed by atoms with E-state index < -0.39 is 5.97 Å². The molecule has 1 unspecified atom stereocenters. The van der Waals surface area contributed by atoms with Crippen LogP contribution in [0, 0.1) is 0 Å². The molecule has 176 valence electrons. The van der Waals surface area contributed by atoms with Gasteiger partial charge in [0.1, 0.15) is 5.75 Å². The smallest absolute Gasteiger partial charge is 0.338 e. The summed E-state index contributed by atoms with van der Waals surface area (Å²) in [6.07, 6.45) is 1.69. The molecule has 2 aromatic rings. The van der Waals surface area contributed by atoms with Gasteiger partial charge in [0.2, 0.25) is 5.75 Å². The Hall–Kier alpha value is -2.93. The molecule has 7 nitrogen and oxygen atoms in total. The average Bonchev–Trinajstić information content (AvgIpc) is 2.83. The van der Waals surface area contributed by atoms with Gasteiger partial charge in [-0.05, 0) is 56.1 Å². The zero-order valence-electron chi connectivity index (χ0n) is 20.0. The minimum Gasteiger partial charge on any atom is -0.497 e. The molecule has 0 aliphatic heterocycles. The third-order valence-corrected chi connectivity index (χ3v) is 5.44. The Kier molecular flexibility index (Phi) is 10.1. The second-order valence-electron chi connectivity index (χ2n) is 7.43. The van der Waals surface area contributed by atoms with Crippen molar-refractivity contribution in [1.82, 2.24) is 4.90 Å². The lowest BCUT2D eigenvalue weighted by molar-refractivity contribution is 0.0482.